The number of guanidine groups is 1. The van der Waals surface area contributed by atoms with E-state index in [1.165, 1.54) is 13.0 Å². The van der Waals surface area contributed by atoms with Crippen molar-refractivity contribution in [3.8, 4) is 5.75 Å². The van der Waals surface area contributed by atoms with E-state index in [4.69, 9.17) is 20.1 Å². The number of amides is 2. The summed E-state index contributed by atoms with van der Waals surface area (Å²) in [7, 11) is 1.88. The third-order valence-electron chi connectivity index (χ3n) is 6.81. The van der Waals surface area contributed by atoms with Gasteiger partial charge in [0.1, 0.15) is 29.6 Å². The summed E-state index contributed by atoms with van der Waals surface area (Å²) in [5, 5.41) is 25.1. The molecule has 0 saturated heterocycles. The fourth-order valence-corrected chi connectivity index (χ4v) is 4.72. The van der Waals surface area contributed by atoms with Gasteiger partial charge >= 0.3 is 5.97 Å². The van der Waals surface area contributed by atoms with E-state index in [2.05, 4.69) is 20.9 Å². The number of aromatic carboxylic acids is 1. The first-order valence-corrected chi connectivity index (χ1v) is 13.4. The second-order valence-electron chi connectivity index (χ2n) is 9.90. The molecule has 0 aliphatic rings. The van der Waals surface area contributed by atoms with Crippen LogP contribution >= 0.6 is 0 Å². The predicted octanol–water partition coefficient (Wildman–Crippen LogP) is 3.59. The Labute approximate surface area is 245 Å². The lowest BCUT2D eigenvalue weighted by molar-refractivity contribution is -0.117. The Balaban J connectivity index is 1.27. The largest absolute Gasteiger partial charge is 0.491 e. The molecule has 0 bridgehead atoms. The number of H-pyrrole nitrogens is 1. The first kappa shape index (κ1) is 28.8. The standard InChI is InChI=1S/C30H30N8O5/c1-16(26-35-21-11-9-19(15-23(21)36-26)34-30(31)33-17(2)39)27-37-22-10-8-18(14-24(22)38(27)3)28(40)32-12-13-43-25-7-5-4-6-20(25)29(41)42/h4-11,14-16H,12-13H2,1-3H3,(H,32,40)(H,35,36)(H,41,42)(H3,31,33,34,39). The summed E-state index contributed by atoms with van der Waals surface area (Å²) in [5.41, 5.74) is 4.14. The topological polar surface area (TPSA) is 187 Å². The van der Waals surface area contributed by atoms with E-state index >= 15 is 0 Å². The quantitative estimate of drug-likeness (QED) is 0.0864. The monoisotopic (exact) mass is 582 g/mol. The third kappa shape index (κ3) is 6.30. The van der Waals surface area contributed by atoms with Crippen LogP contribution in [0.5, 0.6) is 5.75 Å². The molecule has 220 valence electrons. The van der Waals surface area contributed by atoms with Crippen LogP contribution in [0.3, 0.4) is 0 Å². The summed E-state index contributed by atoms with van der Waals surface area (Å²) in [4.78, 5) is 48.2. The van der Waals surface area contributed by atoms with Crippen LogP contribution < -0.4 is 20.7 Å². The Morgan fingerprint density at radius 3 is 2.63 bits per heavy atom. The van der Waals surface area contributed by atoms with Crippen LogP contribution in [0.25, 0.3) is 22.1 Å². The predicted molar refractivity (Wildman–Crippen MR) is 161 cm³/mol. The molecule has 2 heterocycles. The van der Waals surface area contributed by atoms with E-state index in [1.54, 1.807) is 48.5 Å². The number of anilines is 1. The molecular weight excluding hydrogens is 552 g/mol. The highest BCUT2D eigenvalue weighted by Gasteiger charge is 2.21. The van der Waals surface area contributed by atoms with Gasteiger partial charge in [-0.3, -0.25) is 20.3 Å². The molecule has 0 aliphatic heterocycles. The maximum absolute atomic E-state index is 12.9. The summed E-state index contributed by atoms with van der Waals surface area (Å²) in [6.07, 6.45) is 0. The lowest BCUT2D eigenvalue weighted by Crippen LogP contribution is -2.33. The van der Waals surface area contributed by atoms with Crippen LogP contribution in [0.1, 0.15) is 52.1 Å². The Morgan fingerprint density at radius 2 is 1.86 bits per heavy atom. The first-order chi connectivity index (χ1) is 20.6. The highest BCUT2D eigenvalue weighted by molar-refractivity contribution is 6.02. The zero-order valence-electron chi connectivity index (χ0n) is 23.7. The molecule has 1 unspecified atom stereocenters. The number of aryl methyl sites for hydroxylation is 1. The van der Waals surface area contributed by atoms with Crippen LogP contribution in [0.4, 0.5) is 5.69 Å². The maximum Gasteiger partial charge on any atom is 0.339 e. The number of fused-ring (bicyclic) bond motifs is 2. The van der Waals surface area contributed by atoms with Gasteiger partial charge in [-0.25, -0.2) is 14.8 Å². The third-order valence-corrected chi connectivity index (χ3v) is 6.81. The molecule has 2 amide bonds. The van der Waals surface area contributed by atoms with Gasteiger partial charge in [-0.15, -0.1) is 0 Å². The van der Waals surface area contributed by atoms with Gasteiger partial charge in [-0.05, 0) is 55.5 Å². The number of aromatic nitrogens is 4. The SMILES string of the molecule is CC(=O)NC(=N)Nc1ccc2[nH]c(C(C)c3nc4ccc(C(=O)NCCOc5ccccc5C(=O)O)cc4n3C)nc2c1. The van der Waals surface area contributed by atoms with Crippen LogP contribution in [-0.4, -0.2) is 61.5 Å². The van der Waals surface area contributed by atoms with Crippen molar-refractivity contribution in [3.63, 3.8) is 0 Å². The van der Waals surface area contributed by atoms with Gasteiger partial charge in [-0.2, -0.15) is 0 Å². The lowest BCUT2D eigenvalue weighted by Gasteiger charge is -2.10. The number of carboxylic acids is 1. The molecule has 5 aromatic rings. The molecule has 43 heavy (non-hydrogen) atoms. The maximum atomic E-state index is 12.9. The fourth-order valence-electron chi connectivity index (χ4n) is 4.72. The smallest absolute Gasteiger partial charge is 0.339 e. The van der Waals surface area contributed by atoms with Crippen LogP contribution in [0.15, 0.2) is 60.7 Å². The highest BCUT2D eigenvalue weighted by atomic mass is 16.5. The number of carboxylic acid groups (broad SMARTS) is 1. The number of nitrogens with one attached hydrogen (secondary N) is 5. The number of hydrogen-bond acceptors (Lipinski definition) is 7. The molecule has 6 N–H and O–H groups in total. The summed E-state index contributed by atoms with van der Waals surface area (Å²) >= 11 is 0. The number of carbonyl (C=O) groups is 3. The Hall–Kier alpha value is -5.72. The number of nitrogens with zero attached hydrogens (tertiary/aromatic N) is 3. The van der Waals surface area contributed by atoms with Crippen molar-refractivity contribution in [3.05, 3.63) is 83.4 Å². The lowest BCUT2D eigenvalue weighted by atomic mass is 10.1. The number of ether oxygens (including phenoxy) is 1. The minimum Gasteiger partial charge on any atom is -0.491 e. The van der Waals surface area contributed by atoms with Crippen molar-refractivity contribution in [2.45, 2.75) is 19.8 Å². The number of carbonyl (C=O) groups excluding carboxylic acids is 2. The Bertz CT molecular complexity index is 1880. The molecule has 0 aliphatic carbocycles. The average Bonchev–Trinajstić information content (AvgIpc) is 3.55. The zero-order valence-corrected chi connectivity index (χ0v) is 23.7. The van der Waals surface area contributed by atoms with E-state index in [-0.39, 0.29) is 48.2 Å². The molecule has 3 aromatic carbocycles. The normalized spacial score (nSPS) is 11.7. The van der Waals surface area contributed by atoms with Crippen LogP contribution in [-0.2, 0) is 11.8 Å². The van der Waals surface area contributed by atoms with Gasteiger partial charge in [-0.1, -0.05) is 12.1 Å². The first-order valence-electron chi connectivity index (χ1n) is 13.4. The average molecular weight is 583 g/mol. The van der Waals surface area contributed by atoms with Crippen molar-refractivity contribution in [2.24, 2.45) is 7.05 Å². The second-order valence-corrected chi connectivity index (χ2v) is 9.90. The Morgan fingerprint density at radius 1 is 1.07 bits per heavy atom. The number of rotatable bonds is 9. The van der Waals surface area contributed by atoms with Crippen molar-refractivity contribution in [1.29, 1.82) is 5.41 Å². The molecular formula is C30H30N8O5. The van der Waals surface area contributed by atoms with Gasteiger partial charge in [0.2, 0.25) is 5.91 Å². The second kappa shape index (κ2) is 12.0. The summed E-state index contributed by atoms with van der Waals surface area (Å²) in [5.74, 6) is -0.349. The van der Waals surface area contributed by atoms with E-state index in [0.717, 1.165) is 22.4 Å². The summed E-state index contributed by atoms with van der Waals surface area (Å²) in [6, 6.07) is 17.0. The molecule has 0 fully saturated rings. The summed E-state index contributed by atoms with van der Waals surface area (Å²) in [6.45, 7) is 3.62. The molecule has 1 atom stereocenters. The molecule has 0 radical (unpaired) electrons. The highest BCUT2D eigenvalue weighted by Crippen LogP contribution is 2.28. The number of benzene rings is 3. The zero-order chi connectivity index (χ0) is 30.7. The number of aromatic amines is 1. The minimum absolute atomic E-state index is 0.0602. The van der Waals surface area contributed by atoms with Crippen LogP contribution in [0.2, 0.25) is 0 Å². The molecule has 13 heteroatoms. The Kier molecular flexibility index (Phi) is 8.05. The summed E-state index contributed by atoms with van der Waals surface area (Å²) < 4.78 is 7.49. The number of para-hydroxylation sites is 1. The van der Waals surface area contributed by atoms with Crippen molar-refractivity contribution in [1.82, 2.24) is 30.2 Å². The van der Waals surface area contributed by atoms with Crippen LogP contribution in [0, 0.1) is 5.41 Å². The van der Waals surface area contributed by atoms with E-state index < -0.39 is 5.97 Å². The van der Waals surface area contributed by atoms with E-state index in [0.29, 0.717) is 22.6 Å². The van der Waals surface area contributed by atoms with Crippen molar-refractivity contribution >= 4 is 51.5 Å². The van der Waals surface area contributed by atoms with Crippen molar-refractivity contribution < 1.29 is 24.2 Å². The van der Waals surface area contributed by atoms with E-state index in [1.807, 2.05) is 24.6 Å². The molecule has 0 spiro atoms. The minimum atomic E-state index is -1.08. The molecule has 5 rings (SSSR count). The molecule has 0 saturated carbocycles. The number of hydrogen-bond donors (Lipinski definition) is 6. The number of imidazole rings is 2. The van der Waals surface area contributed by atoms with Crippen molar-refractivity contribution in [2.75, 3.05) is 18.5 Å². The van der Waals surface area contributed by atoms with E-state index in [9.17, 15) is 19.5 Å². The van der Waals surface area contributed by atoms with Gasteiger partial charge < -0.3 is 30.0 Å². The van der Waals surface area contributed by atoms with Gasteiger partial charge in [0.05, 0.1) is 34.5 Å². The van der Waals surface area contributed by atoms with Gasteiger partial charge in [0.25, 0.3) is 5.91 Å². The fraction of sp³-hybridized carbons (Fsp3) is 0.200. The van der Waals surface area contributed by atoms with Gasteiger partial charge in [0, 0.05) is 25.2 Å². The molecule has 13 nitrogen and oxygen atoms in total. The van der Waals surface area contributed by atoms with Gasteiger partial charge in [0.15, 0.2) is 5.96 Å². The molecule has 2 aromatic heterocycles.